The quantitative estimate of drug-likeness (QED) is 0.646. The first-order valence-electron chi connectivity index (χ1n) is 5.40. The molecule has 2 unspecified atom stereocenters. The van der Waals surface area contributed by atoms with E-state index in [4.69, 9.17) is 11.6 Å². The molecule has 2 atom stereocenters. The van der Waals surface area contributed by atoms with Gasteiger partial charge in [-0.1, -0.05) is 11.6 Å². The van der Waals surface area contributed by atoms with Crippen LogP contribution in [-0.2, 0) is 10.8 Å². The second-order valence-corrected chi connectivity index (χ2v) is 5.99. The van der Waals surface area contributed by atoms with Crippen molar-refractivity contribution < 1.29 is 9.13 Å². The van der Waals surface area contributed by atoms with Crippen molar-refractivity contribution in [2.24, 2.45) is 0 Å². The molecule has 1 aromatic carbocycles. The molecule has 0 saturated heterocycles. The number of non-ortho nitro benzene ring substituents is 1. The van der Waals surface area contributed by atoms with Crippen LogP contribution in [0.15, 0.2) is 18.2 Å². The molecule has 0 bridgehead atoms. The standard InChI is InChI=1S/C11H15ClN2O3S/c1-8(5-6-18(2)17)13-11-4-3-9(14(15)16)7-10(11)12/h3-4,7-8,13H,5-6H2,1-2H3. The van der Waals surface area contributed by atoms with Crippen molar-refractivity contribution in [3.63, 3.8) is 0 Å². The second kappa shape index (κ2) is 6.70. The summed E-state index contributed by atoms with van der Waals surface area (Å²) in [7, 11) is -0.822. The highest BCUT2D eigenvalue weighted by Gasteiger charge is 2.11. The van der Waals surface area contributed by atoms with Crippen LogP contribution in [0.4, 0.5) is 11.4 Å². The molecule has 1 rings (SSSR count). The van der Waals surface area contributed by atoms with Crippen LogP contribution in [0.25, 0.3) is 0 Å². The summed E-state index contributed by atoms with van der Waals surface area (Å²) in [6.45, 7) is 1.95. The minimum absolute atomic E-state index is 0.0344. The van der Waals surface area contributed by atoms with Gasteiger partial charge in [0.1, 0.15) is 0 Å². The molecular weight excluding hydrogens is 276 g/mol. The fourth-order valence-electron chi connectivity index (χ4n) is 1.42. The number of anilines is 1. The summed E-state index contributed by atoms with van der Waals surface area (Å²) in [5.41, 5.74) is 0.615. The highest BCUT2D eigenvalue weighted by molar-refractivity contribution is 7.84. The minimum atomic E-state index is -0.822. The van der Waals surface area contributed by atoms with Gasteiger partial charge in [-0.05, 0) is 19.4 Å². The number of hydrogen-bond donors (Lipinski definition) is 1. The van der Waals surface area contributed by atoms with E-state index in [-0.39, 0.29) is 11.7 Å². The van der Waals surface area contributed by atoms with E-state index >= 15 is 0 Å². The molecule has 0 radical (unpaired) electrons. The lowest BCUT2D eigenvalue weighted by atomic mass is 10.2. The molecule has 5 nitrogen and oxygen atoms in total. The summed E-state index contributed by atoms with van der Waals surface area (Å²) >= 11 is 5.95. The fourth-order valence-corrected chi connectivity index (χ4v) is 2.33. The van der Waals surface area contributed by atoms with Gasteiger partial charge in [-0.25, -0.2) is 0 Å². The Bertz CT molecular complexity index is 468. The largest absolute Gasteiger partial charge is 0.381 e. The first-order valence-corrected chi connectivity index (χ1v) is 7.51. The molecule has 1 N–H and O–H groups in total. The van der Waals surface area contributed by atoms with E-state index < -0.39 is 15.7 Å². The summed E-state index contributed by atoms with van der Waals surface area (Å²) in [5.74, 6) is 0.610. The third-order valence-corrected chi connectivity index (χ3v) is 3.53. The van der Waals surface area contributed by atoms with Gasteiger partial charge in [-0.15, -0.1) is 0 Å². The number of nitrogens with one attached hydrogen (secondary N) is 1. The highest BCUT2D eigenvalue weighted by atomic mass is 35.5. The summed E-state index contributed by atoms with van der Waals surface area (Å²) < 4.78 is 11.0. The molecule has 0 aliphatic rings. The maximum Gasteiger partial charge on any atom is 0.271 e. The van der Waals surface area contributed by atoms with Crippen LogP contribution in [0.2, 0.25) is 5.02 Å². The SMILES string of the molecule is CC(CCS(C)=O)Nc1ccc([N+](=O)[O-])cc1Cl. The molecule has 0 aliphatic carbocycles. The van der Waals surface area contributed by atoms with E-state index in [2.05, 4.69) is 5.32 Å². The lowest BCUT2D eigenvalue weighted by Crippen LogP contribution is -2.18. The van der Waals surface area contributed by atoms with E-state index in [0.29, 0.717) is 16.5 Å². The maximum absolute atomic E-state index is 11.0. The number of rotatable bonds is 6. The Morgan fingerprint density at radius 2 is 2.22 bits per heavy atom. The smallest absolute Gasteiger partial charge is 0.271 e. The van der Waals surface area contributed by atoms with Crippen LogP contribution in [0.3, 0.4) is 0 Å². The molecule has 0 amide bonds. The third kappa shape index (κ3) is 4.62. The summed E-state index contributed by atoms with van der Waals surface area (Å²) in [4.78, 5) is 10.1. The summed E-state index contributed by atoms with van der Waals surface area (Å²) in [5, 5.41) is 14.0. The molecular formula is C11H15ClN2O3S. The van der Waals surface area contributed by atoms with Crippen LogP contribution >= 0.6 is 11.6 Å². The van der Waals surface area contributed by atoms with Gasteiger partial charge in [0, 0.05) is 41.0 Å². The zero-order chi connectivity index (χ0) is 13.7. The Morgan fingerprint density at radius 1 is 1.56 bits per heavy atom. The first-order chi connectivity index (χ1) is 8.40. The van der Waals surface area contributed by atoms with Gasteiger partial charge in [-0.2, -0.15) is 0 Å². The van der Waals surface area contributed by atoms with Crippen molar-refractivity contribution in [3.05, 3.63) is 33.3 Å². The monoisotopic (exact) mass is 290 g/mol. The Kier molecular flexibility index (Phi) is 5.55. The lowest BCUT2D eigenvalue weighted by molar-refractivity contribution is -0.384. The van der Waals surface area contributed by atoms with Crippen LogP contribution < -0.4 is 5.32 Å². The molecule has 0 spiro atoms. The molecule has 0 saturated carbocycles. The van der Waals surface area contributed by atoms with Gasteiger partial charge in [0.05, 0.1) is 15.6 Å². The van der Waals surface area contributed by atoms with Crippen LogP contribution in [0.5, 0.6) is 0 Å². The molecule has 0 heterocycles. The predicted molar refractivity (Wildman–Crippen MR) is 74.7 cm³/mol. The van der Waals surface area contributed by atoms with E-state index in [9.17, 15) is 14.3 Å². The van der Waals surface area contributed by atoms with Gasteiger partial charge >= 0.3 is 0 Å². The molecule has 0 aliphatic heterocycles. The molecule has 18 heavy (non-hydrogen) atoms. The minimum Gasteiger partial charge on any atom is -0.381 e. The highest BCUT2D eigenvalue weighted by Crippen LogP contribution is 2.27. The Morgan fingerprint density at radius 3 is 2.72 bits per heavy atom. The Labute approximate surface area is 113 Å². The van der Waals surface area contributed by atoms with E-state index in [1.807, 2.05) is 6.92 Å². The zero-order valence-corrected chi connectivity index (χ0v) is 11.8. The zero-order valence-electron chi connectivity index (χ0n) is 10.2. The van der Waals surface area contributed by atoms with E-state index in [0.717, 1.165) is 6.42 Å². The predicted octanol–water partition coefficient (Wildman–Crippen LogP) is 2.82. The average molecular weight is 291 g/mol. The van der Waals surface area contributed by atoms with Gasteiger partial charge in [0.2, 0.25) is 0 Å². The molecule has 1 aromatic rings. The Balaban J connectivity index is 2.67. The fraction of sp³-hybridized carbons (Fsp3) is 0.455. The van der Waals surface area contributed by atoms with Crippen LogP contribution in [-0.4, -0.2) is 27.2 Å². The normalized spacial score (nSPS) is 13.9. The number of halogens is 1. The van der Waals surface area contributed by atoms with E-state index in [1.165, 1.54) is 12.1 Å². The van der Waals surface area contributed by atoms with Crippen molar-refractivity contribution >= 4 is 33.8 Å². The van der Waals surface area contributed by atoms with Crippen molar-refractivity contribution in [2.75, 3.05) is 17.3 Å². The molecule has 0 fully saturated rings. The van der Waals surface area contributed by atoms with Crippen LogP contribution in [0, 0.1) is 10.1 Å². The van der Waals surface area contributed by atoms with Gasteiger partial charge in [0.25, 0.3) is 5.69 Å². The maximum atomic E-state index is 11.0. The van der Waals surface area contributed by atoms with Crippen molar-refractivity contribution in [1.82, 2.24) is 0 Å². The second-order valence-electron chi connectivity index (χ2n) is 4.03. The van der Waals surface area contributed by atoms with E-state index in [1.54, 1.807) is 12.3 Å². The molecule has 100 valence electrons. The van der Waals surface area contributed by atoms with Gasteiger partial charge in [-0.3, -0.25) is 14.3 Å². The number of nitro groups is 1. The summed E-state index contributed by atoms with van der Waals surface area (Å²) in [6, 6.07) is 4.40. The topological polar surface area (TPSA) is 72.2 Å². The van der Waals surface area contributed by atoms with Gasteiger partial charge in [0.15, 0.2) is 0 Å². The number of nitro benzene ring substituents is 1. The summed E-state index contributed by atoms with van der Waals surface area (Å²) in [6.07, 6.45) is 2.40. The van der Waals surface area contributed by atoms with Crippen molar-refractivity contribution in [3.8, 4) is 0 Å². The number of nitrogens with zero attached hydrogens (tertiary/aromatic N) is 1. The Hall–Kier alpha value is -1.14. The average Bonchev–Trinajstić information content (AvgIpc) is 2.29. The lowest BCUT2D eigenvalue weighted by Gasteiger charge is -2.15. The van der Waals surface area contributed by atoms with Gasteiger partial charge < -0.3 is 5.32 Å². The third-order valence-electron chi connectivity index (χ3n) is 2.40. The number of benzene rings is 1. The number of hydrogen-bond acceptors (Lipinski definition) is 4. The van der Waals surface area contributed by atoms with Crippen molar-refractivity contribution in [2.45, 2.75) is 19.4 Å². The van der Waals surface area contributed by atoms with Crippen LogP contribution in [0.1, 0.15) is 13.3 Å². The van der Waals surface area contributed by atoms with Crippen molar-refractivity contribution in [1.29, 1.82) is 0 Å². The molecule has 0 aromatic heterocycles. The first kappa shape index (κ1) is 14.9. The molecule has 7 heteroatoms.